The molecule has 4 heteroatoms. The van der Waals surface area contributed by atoms with Gasteiger partial charge in [0, 0.05) is 32.0 Å². The molecule has 1 aromatic rings. The van der Waals surface area contributed by atoms with E-state index in [4.69, 9.17) is 16.3 Å². The van der Waals surface area contributed by atoms with E-state index in [0.717, 1.165) is 37.1 Å². The highest BCUT2D eigenvalue weighted by atomic mass is 35.5. The van der Waals surface area contributed by atoms with Crippen LogP contribution in [-0.4, -0.2) is 31.8 Å². The van der Waals surface area contributed by atoms with Crippen LogP contribution >= 0.6 is 11.6 Å². The Morgan fingerprint density at radius 2 is 2.35 bits per heavy atom. The largest absolute Gasteiger partial charge is 0.379 e. The molecule has 2 rings (SSSR count). The number of alkyl halides is 1. The van der Waals surface area contributed by atoms with Crippen molar-refractivity contribution in [1.29, 1.82) is 0 Å². The topological polar surface area (TPSA) is 25.4 Å². The van der Waals surface area contributed by atoms with Gasteiger partial charge in [0.05, 0.1) is 12.5 Å². The Kier molecular flexibility index (Phi) is 4.63. The fraction of sp³-hybridized carbons (Fsp3) is 0.615. The summed E-state index contributed by atoms with van der Waals surface area (Å²) in [6.45, 7) is 2.53. The molecule has 0 aromatic carbocycles. The van der Waals surface area contributed by atoms with Crippen LogP contribution in [0.2, 0.25) is 0 Å². The molecule has 0 saturated heterocycles. The maximum absolute atomic E-state index is 5.89. The molecule has 17 heavy (non-hydrogen) atoms. The second-order valence-electron chi connectivity index (χ2n) is 4.56. The van der Waals surface area contributed by atoms with Crippen LogP contribution in [0.3, 0.4) is 0 Å². The van der Waals surface area contributed by atoms with Gasteiger partial charge in [-0.25, -0.2) is 4.98 Å². The second-order valence-corrected chi connectivity index (χ2v) is 4.83. The first kappa shape index (κ1) is 12.7. The van der Waals surface area contributed by atoms with Gasteiger partial charge in [-0.05, 0) is 24.8 Å². The van der Waals surface area contributed by atoms with Gasteiger partial charge in [0.1, 0.15) is 5.82 Å². The molecule has 0 aliphatic heterocycles. The normalized spacial score (nSPS) is 14.9. The Morgan fingerprint density at radius 3 is 3.06 bits per heavy atom. The summed E-state index contributed by atoms with van der Waals surface area (Å²) in [7, 11) is 2.03. The number of aromatic nitrogens is 1. The zero-order chi connectivity index (χ0) is 12.1. The lowest BCUT2D eigenvalue weighted by molar-refractivity contribution is 0.130. The summed E-state index contributed by atoms with van der Waals surface area (Å²) in [5.74, 6) is 2.28. The maximum atomic E-state index is 5.89. The van der Waals surface area contributed by atoms with Crippen LogP contribution in [0.25, 0.3) is 0 Å². The van der Waals surface area contributed by atoms with Crippen LogP contribution in [0.1, 0.15) is 18.4 Å². The average molecular weight is 255 g/mol. The van der Waals surface area contributed by atoms with E-state index in [1.807, 2.05) is 19.2 Å². The highest BCUT2D eigenvalue weighted by Gasteiger charge is 2.21. The highest BCUT2D eigenvalue weighted by molar-refractivity contribution is 6.17. The molecule has 1 heterocycles. The van der Waals surface area contributed by atoms with E-state index >= 15 is 0 Å². The molecule has 0 amide bonds. The van der Waals surface area contributed by atoms with Crippen molar-refractivity contribution in [3.8, 4) is 0 Å². The standard InChI is InChI=1S/C13H19ClN2O/c1-16(7-8-17-10-11-4-5-11)13-12(9-14)3-2-6-15-13/h2-3,6,11H,4-5,7-10H2,1H3. The van der Waals surface area contributed by atoms with E-state index in [-0.39, 0.29) is 0 Å². The molecule has 0 spiro atoms. The summed E-state index contributed by atoms with van der Waals surface area (Å²) in [5.41, 5.74) is 1.07. The smallest absolute Gasteiger partial charge is 0.132 e. The molecule has 0 atom stereocenters. The Labute approximate surface area is 108 Å². The van der Waals surface area contributed by atoms with Gasteiger partial charge >= 0.3 is 0 Å². The van der Waals surface area contributed by atoms with Gasteiger partial charge in [0.25, 0.3) is 0 Å². The first-order valence-corrected chi connectivity index (χ1v) is 6.63. The van der Waals surface area contributed by atoms with Crippen molar-refractivity contribution >= 4 is 17.4 Å². The van der Waals surface area contributed by atoms with Crippen molar-refractivity contribution in [2.24, 2.45) is 5.92 Å². The van der Waals surface area contributed by atoms with Crippen molar-refractivity contribution in [2.45, 2.75) is 18.7 Å². The summed E-state index contributed by atoms with van der Waals surface area (Å²) in [6.07, 6.45) is 4.48. The van der Waals surface area contributed by atoms with E-state index in [9.17, 15) is 0 Å². The van der Waals surface area contributed by atoms with Crippen molar-refractivity contribution in [2.75, 3.05) is 31.7 Å². The summed E-state index contributed by atoms with van der Waals surface area (Å²) in [5, 5.41) is 0. The number of ether oxygens (including phenoxy) is 1. The van der Waals surface area contributed by atoms with E-state index in [2.05, 4.69) is 9.88 Å². The van der Waals surface area contributed by atoms with Crippen molar-refractivity contribution in [1.82, 2.24) is 4.98 Å². The highest BCUT2D eigenvalue weighted by Crippen LogP contribution is 2.28. The predicted molar refractivity (Wildman–Crippen MR) is 70.6 cm³/mol. The Bertz CT molecular complexity index is 355. The maximum Gasteiger partial charge on any atom is 0.132 e. The van der Waals surface area contributed by atoms with E-state index < -0.39 is 0 Å². The van der Waals surface area contributed by atoms with Crippen molar-refractivity contribution < 1.29 is 4.74 Å². The zero-order valence-corrected chi connectivity index (χ0v) is 11.0. The minimum absolute atomic E-state index is 0.496. The lowest BCUT2D eigenvalue weighted by Crippen LogP contribution is -2.24. The molecule has 1 aromatic heterocycles. The monoisotopic (exact) mass is 254 g/mol. The Balaban J connectivity index is 1.78. The fourth-order valence-corrected chi connectivity index (χ4v) is 1.93. The first-order valence-electron chi connectivity index (χ1n) is 6.10. The van der Waals surface area contributed by atoms with Crippen molar-refractivity contribution in [3.05, 3.63) is 23.9 Å². The number of pyridine rings is 1. The second kappa shape index (κ2) is 6.22. The quantitative estimate of drug-likeness (QED) is 0.553. The van der Waals surface area contributed by atoms with Gasteiger partial charge in [-0.3, -0.25) is 0 Å². The molecule has 0 radical (unpaired) electrons. The fourth-order valence-electron chi connectivity index (χ4n) is 1.72. The summed E-state index contributed by atoms with van der Waals surface area (Å²) in [4.78, 5) is 6.46. The Morgan fingerprint density at radius 1 is 1.53 bits per heavy atom. The third-order valence-corrected chi connectivity index (χ3v) is 3.28. The number of anilines is 1. The number of hydrogen-bond acceptors (Lipinski definition) is 3. The number of halogens is 1. The minimum atomic E-state index is 0.496. The van der Waals surface area contributed by atoms with Crippen LogP contribution in [0, 0.1) is 5.92 Å². The molecule has 3 nitrogen and oxygen atoms in total. The Hall–Kier alpha value is -0.800. The van der Waals surface area contributed by atoms with Crippen LogP contribution < -0.4 is 4.90 Å². The van der Waals surface area contributed by atoms with Crippen LogP contribution in [0.5, 0.6) is 0 Å². The van der Waals surface area contributed by atoms with Crippen LogP contribution in [0.15, 0.2) is 18.3 Å². The molecular formula is C13H19ClN2O. The SMILES string of the molecule is CN(CCOCC1CC1)c1ncccc1CCl. The number of rotatable bonds is 7. The zero-order valence-electron chi connectivity index (χ0n) is 10.2. The van der Waals surface area contributed by atoms with E-state index in [0.29, 0.717) is 5.88 Å². The molecule has 0 bridgehead atoms. The van der Waals surface area contributed by atoms with Gasteiger partial charge in [-0.15, -0.1) is 11.6 Å². The minimum Gasteiger partial charge on any atom is -0.379 e. The predicted octanol–water partition coefficient (Wildman–Crippen LogP) is 2.68. The van der Waals surface area contributed by atoms with Crippen LogP contribution in [0.4, 0.5) is 5.82 Å². The van der Waals surface area contributed by atoms with Crippen LogP contribution in [-0.2, 0) is 10.6 Å². The molecule has 0 unspecified atom stereocenters. The number of likely N-dealkylation sites (N-methyl/N-ethyl adjacent to an activating group) is 1. The third-order valence-electron chi connectivity index (χ3n) is 2.99. The third kappa shape index (κ3) is 3.86. The lowest BCUT2D eigenvalue weighted by atomic mass is 10.3. The van der Waals surface area contributed by atoms with Gasteiger partial charge in [-0.1, -0.05) is 6.07 Å². The molecule has 1 fully saturated rings. The molecule has 0 N–H and O–H groups in total. The summed E-state index contributed by atoms with van der Waals surface area (Å²) in [6, 6.07) is 3.93. The molecule has 1 aliphatic rings. The van der Waals surface area contributed by atoms with Gasteiger partial charge < -0.3 is 9.64 Å². The first-order chi connectivity index (χ1) is 8.31. The molecule has 94 valence electrons. The summed E-state index contributed by atoms with van der Waals surface area (Å²) < 4.78 is 5.62. The van der Waals surface area contributed by atoms with Gasteiger partial charge in [-0.2, -0.15) is 0 Å². The van der Waals surface area contributed by atoms with Gasteiger partial charge in [0.2, 0.25) is 0 Å². The molecular weight excluding hydrogens is 236 g/mol. The van der Waals surface area contributed by atoms with E-state index in [1.165, 1.54) is 12.8 Å². The number of nitrogens with zero attached hydrogens (tertiary/aromatic N) is 2. The summed E-state index contributed by atoms with van der Waals surface area (Å²) >= 11 is 5.89. The van der Waals surface area contributed by atoms with Crippen molar-refractivity contribution in [3.63, 3.8) is 0 Å². The van der Waals surface area contributed by atoms with Gasteiger partial charge in [0.15, 0.2) is 0 Å². The molecule has 1 aliphatic carbocycles. The number of hydrogen-bond donors (Lipinski definition) is 0. The lowest BCUT2D eigenvalue weighted by Gasteiger charge is -2.20. The van der Waals surface area contributed by atoms with E-state index in [1.54, 1.807) is 6.20 Å². The average Bonchev–Trinajstić information content (AvgIpc) is 3.18. The molecule has 1 saturated carbocycles.